The van der Waals surface area contributed by atoms with Crippen LogP contribution in [-0.4, -0.2) is 22.8 Å². The Morgan fingerprint density at radius 3 is 2.54 bits per heavy atom. The molecule has 1 aromatic heterocycles. The number of halogens is 1. The topological polar surface area (TPSA) is 73.2 Å². The fourth-order valence-corrected chi connectivity index (χ4v) is 2.87. The van der Waals surface area contributed by atoms with Crippen molar-refractivity contribution in [1.29, 1.82) is 0 Å². The first-order chi connectivity index (χ1) is 13.4. The first-order valence-electron chi connectivity index (χ1n) is 8.70. The van der Waals surface area contributed by atoms with Gasteiger partial charge in [-0.2, -0.15) is 5.10 Å². The Balaban J connectivity index is 1.88. The molecule has 1 heterocycles. The second-order valence-electron chi connectivity index (χ2n) is 6.35. The SMILES string of the molecule is COc1ccc(-c2ccc(=O)n(C(C)C(=O)Nc3cc(Cl)ccc3C)n2)cc1. The molecule has 0 aliphatic heterocycles. The van der Waals surface area contributed by atoms with E-state index in [1.165, 1.54) is 10.7 Å². The summed E-state index contributed by atoms with van der Waals surface area (Å²) in [4.78, 5) is 25.0. The van der Waals surface area contributed by atoms with Gasteiger partial charge in [-0.15, -0.1) is 0 Å². The number of nitrogens with one attached hydrogen (secondary N) is 1. The zero-order valence-electron chi connectivity index (χ0n) is 15.8. The summed E-state index contributed by atoms with van der Waals surface area (Å²) in [5.41, 5.74) is 2.51. The summed E-state index contributed by atoms with van der Waals surface area (Å²) in [5, 5.41) is 7.71. The molecular formula is C21H20ClN3O3. The van der Waals surface area contributed by atoms with Crippen molar-refractivity contribution in [3.05, 3.63) is 75.5 Å². The number of carbonyl (C=O) groups is 1. The van der Waals surface area contributed by atoms with Crippen molar-refractivity contribution in [3.8, 4) is 17.0 Å². The minimum absolute atomic E-state index is 0.355. The lowest BCUT2D eigenvalue weighted by Crippen LogP contribution is -2.33. The van der Waals surface area contributed by atoms with Crippen LogP contribution in [0.5, 0.6) is 5.75 Å². The summed E-state index contributed by atoms with van der Waals surface area (Å²) >= 11 is 6.00. The molecule has 0 saturated carbocycles. The molecule has 144 valence electrons. The predicted molar refractivity (Wildman–Crippen MR) is 110 cm³/mol. The molecule has 6 nitrogen and oxygen atoms in total. The number of aromatic nitrogens is 2. The largest absolute Gasteiger partial charge is 0.497 e. The second kappa shape index (κ2) is 8.27. The molecule has 28 heavy (non-hydrogen) atoms. The summed E-state index contributed by atoms with van der Waals surface area (Å²) < 4.78 is 6.33. The van der Waals surface area contributed by atoms with Crippen LogP contribution in [-0.2, 0) is 4.79 Å². The van der Waals surface area contributed by atoms with Gasteiger partial charge in [-0.25, -0.2) is 4.68 Å². The maximum atomic E-state index is 12.7. The summed E-state index contributed by atoms with van der Waals surface area (Å²) in [7, 11) is 1.59. The van der Waals surface area contributed by atoms with Crippen LogP contribution < -0.4 is 15.6 Å². The number of nitrogens with zero attached hydrogens (tertiary/aromatic N) is 2. The van der Waals surface area contributed by atoms with Crippen molar-refractivity contribution < 1.29 is 9.53 Å². The monoisotopic (exact) mass is 397 g/mol. The second-order valence-corrected chi connectivity index (χ2v) is 6.79. The standard InChI is InChI=1S/C21H20ClN3O3/c1-13-4-7-16(22)12-19(13)23-21(27)14(2)25-20(26)11-10-18(24-25)15-5-8-17(28-3)9-6-15/h4-12,14H,1-3H3,(H,23,27). The Kier molecular flexibility index (Phi) is 5.80. The maximum absolute atomic E-state index is 12.7. The summed E-state index contributed by atoms with van der Waals surface area (Å²) in [6.07, 6.45) is 0. The normalized spacial score (nSPS) is 11.7. The van der Waals surface area contributed by atoms with Gasteiger partial charge in [0.1, 0.15) is 11.8 Å². The first-order valence-corrected chi connectivity index (χ1v) is 9.08. The summed E-state index contributed by atoms with van der Waals surface area (Å²) in [6.45, 7) is 3.49. The van der Waals surface area contributed by atoms with E-state index in [4.69, 9.17) is 16.3 Å². The number of hydrogen-bond donors (Lipinski definition) is 1. The Labute approximate surface area is 167 Å². The lowest BCUT2D eigenvalue weighted by Gasteiger charge is -2.16. The Bertz CT molecular complexity index is 1060. The molecule has 0 radical (unpaired) electrons. The highest BCUT2D eigenvalue weighted by atomic mass is 35.5. The van der Waals surface area contributed by atoms with Gasteiger partial charge in [-0.1, -0.05) is 17.7 Å². The van der Waals surface area contributed by atoms with Crippen molar-refractivity contribution >= 4 is 23.2 Å². The van der Waals surface area contributed by atoms with Gasteiger partial charge in [0.2, 0.25) is 5.91 Å². The van der Waals surface area contributed by atoms with E-state index < -0.39 is 6.04 Å². The van der Waals surface area contributed by atoms with Crippen LogP contribution in [0.15, 0.2) is 59.4 Å². The van der Waals surface area contributed by atoms with Gasteiger partial charge < -0.3 is 10.1 Å². The van der Waals surface area contributed by atoms with E-state index in [0.717, 1.165) is 16.9 Å². The van der Waals surface area contributed by atoms with E-state index >= 15 is 0 Å². The summed E-state index contributed by atoms with van der Waals surface area (Å²) in [6, 6.07) is 14.8. The molecule has 3 aromatic rings. The molecule has 3 rings (SSSR count). The minimum Gasteiger partial charge on any atom is -0.497 e. The molecule has 0 spiro atoms. The molecule has 0 saturated heterocycles. The van der Waals surface area contributed by atoms with Crippen LogP contribution in [0.25, 0.3) is 11.3 Å². The lowest BCUT2D eigenvalue weighted by atomic mass is 10.1. The number of benzene rings is 2. The van der Waals surface area contributed by atoms with Gasteiger partial charge in [-0.05, 0) is 61.9 Å². The van der Waals surface area contributed by atoms with Crippen LogP contribution in [0.1, 0.15) is 18.5 Å². The van der Waals surface area contributed by atoms with Crippen molar-refractivity contribution in [2.45, 2.75) is 19.9 Å². The van der Waals surface area contributed by atoms with E-state index in [9.17, 15) is 9.59 Å². The fourth-order valence-electron chi connectivity index (χ4n) is 2.70. The van der Waals surface area contributed by atoms with E-state index in [2.05, 4.69) is 10.4 Å². The third kappa shape index (κ3) is 4.23. The molecular weight excluding hydrogens is 378 g/mol. The molecule has 1 amide bonds. The van der Waals surface area contributed by atoms with Gasteiger partial charge in [0.25, 0.3) is 5.56 Å². The number of methoxy groups -OCH3 is 1. The number of carbonyl (C=O) groups excluding carboxylic acids is 1. The van der Waals surface area contributed by atoms with Crippen LogP contribution in [0.4, 0.5) is 5.69 Å². The lowest BCUT2D eigenvalue weighted by molar-refractivity contribution is -0.119. The van der Waals surface area contributed by atoms with E-state index in [1.54, 1.807) is 32.2 Å². The summed E-state index contributed by atoms with van der Waals surface area (Å²) in [5.74, 6) is 0.369. The van der Waals surface area contributed by atoms with Gasteiger partial charge in [0.15, 0.2) is 0 Å². The van der Waals surface area contributed by atoms with Gasteiger partial charge in [0.05, 0.1) is 12.8 Å². The molecule has 1 unspecified atom stereocenters. The minimum atomic E-state index is -0.802. The molecule has 2 aromatic carbocycles. The van der Waals surface area contributed by atoms with Gasteiger partial charge in [-0.3, -0.25) is 9.59 Å². The zero-order valence-corrected chi connectivity index (χ0v) is 16.5. The molecule has 0 bridgehead atoms. The van der Waals surface area contributed by atoms with Crippen LogP contribution >= 0.6 is 11.6 Å². The van der Waals surface area contributed by atoms with Crippen LogP contribution in [0, 0.1) is 6.92 Å². The highest BCUT2D eigenvalue weighted by Crippen LogP contribution is 2.22. The quantitative estimate of drug-likeness (QED) is 0.704. The number of amides is 1. The van der Waals surface area contributed by atoms with Crippen molar-refractivity contribution in [1.82, 2.24) is 9.78 Å². The Morgan fingerprint density at radius 1 is 1.14 bits per heavy atom. The molecule has 0 aliphatic carbocycles. The molecule has 1 N–H and O–H groups in total. The molecule has 7 heteroatoms. The van der Waals surface area contributed by atoms with Crippen molar-refractivity contribution in [2.24, 2.45) is 0 Å². The highest BCUT2D eigenvalue weighted by Gasteiger charge is 2.19. The average Bonchev–Trinajstić information content (AvgIpc) is 2.70. The number of aryl methyl sites for hydroxylation is 1. The molecule has 0 fully saturated rings. The Morgan fingerprint density at radius 2 is 1.86 bits per heavy atom. The fraction of sp³-hybridized carbons (Fsp3) is 0.190. The third-order valence-corrected chi connectivity index (χ3v) is 4.65. The van der Waals surface area contributed by atoms with E-state index in [-0.39, 0.29) is 11.5 Å². The average molecular weight is 398 g/mol. The van der Waals surface area contributed by atoms with E-state index in [1.807, 2.05) is 37.3 Å². The Hall–Kier alpha value is -3.12. The molecule has 1 atom stereocenters. The first kappa shape index (κ1) is 19.6. The molecule has 0 aliphatic rings. The smallest absolute Gasteiger partial charge is 0.267 e. The predicted octanol–water partition coefficient (Wildman–Crippen LogP) is 4.08. The maximum Gasteiger partial charge on any atom is 0.267 e. The number of ether oxygens (including phenoxy) is 1. The van der Waals surface area contributed by atoms with E-state index in [0.29, 0.717) is 16.4 Å². The number of hydrogen-bond acceptors (Lipinski definition) is 4. The zero-order chi connectivity index (χ0) is 20.3. The third-order valence-electron chi connectivity index (χ3n) is 4.41. The van der Waals surface area contributed by atoms with Gasteiger partial charge >= 0.3 is 0 Å². The van der Waals surface area contributed by atoms with Crippen LogP contribution in [0.3, 0.4) is 0 Å². The highest BCUT2D eigenvalue weighted by molar-refractivity contribution is 6.31. The van der Waals surface area contributed by atoms with Crippen molar-refractivity contribution in [3.63, 3.8) is 0 Å². The van der Waals surface area contributed by atoms with Crippen LogP contribution in [0.2, 0.25) is 5.02 Å². The van der Waals surface area contributed by atoms with Gasteiger partial charge in [0, 0.05) is 22.3 Å². The number of rotatable bonds is 5. The van der Waals surface area contributed by atoms with Crippen molar-refractivity contribution in [2.75, 3.05) is 12.4 Å². The number of anilines is 1.